The van der Waals surface area contributed by atoms with Crippen LogP contribution >= 0.6 is 0 Å². The second-order valence-electron chi connectivity index (χ2n) is 5.75. The van der Waals surface area contributed by atoms with Gasteiger partial charge >= 0.3 is 6.09 Å². The summed E-state index contributed by atoms with van der Waals surface area (Å²) in [6, 6.07) is 14.3. The lowest BCUT2D eigenvalue weighted by atomic mass is 10.1. The largest absolute Gasteiger partial charge is 0.448 e. The number of hydroxylamine groups is 1. The minimum absolute atomic E-state index is 0.142. The first-order chi connectivity index (χ1) is 14.3. The monoisotopic (exact) mass is 393 g/mol. The lowest BCUT2D eigenvalue weighted by Crippen LogP contribution is -2.24. The highest BCUT2D eigenvalue weighted by atomic mass is 16.6. The molecule has 3 N–H and O–H groups in total. The maximum atomic E-state index is 11.7. The molecular weight excluding hydrogens is 374 g/mol. The van der Waals surface area contributed by atoms with E-state index in [1.54, 1.807) is 18.2 Å². The fraction of sp³-hybridized carbons (Fsp3) is 0.211. The minimum atomic E-state index is -0.620. The van der Waals surface area contributed by atoms with Crippen LogP contribution in [0.4, 0.5) is 10.6 Å². The van der Waals surface area contributed by atoms with Gasteiger partial charge in [-0.25, -0.2) is 9.78 Å². The summed E-state index contributed by atoms with van der Waals surface area (Å²) >= 11 is 0. The van der Waals surface area contributed by atoms with Crippen LogP contribution in [0.3, 0.4) is 0 Å². The molecule has 0 aliphatic rings. The van der Waals surface area contributed by atoms with Crippen LogP contribution < -0.4 is 10.8 Å². The van der Waals surface area contributed by atoms with Crippen LogP contribution in [0.1, 0.15) is 29.5 Å². The van der Waals surface area contributed by atoms with Gasteiger partial charge in [-0.2, -0.15) is 10.7 Å². The molecule has 3 aromatic rings. The van der Waals surface area contributed by atoms with Crippen molar-refractivity contribution < 1.29 is 14.4 Å². The van der Waals surface area contributed by atoms with Crippen LogP contribution in [0.2, 0.25) is 0 Å². The number of terminal acetylenes is 1. The number of hydrogen-bond acceptors (Lipinski definition) is 8. The first-order valence-corrected chi connectivity index (χ1v) is 8.75. The van der Waals surface area contributed by atoms with Crippen molar-refractivity contribution in [3.05, 3.63) is 65.6 Å². The zero-order valence-corrected chi connectivity index (χ0v) is 15.4. The fourth-order valence-electron chi connectivity index (χ4n) is 2.38. The molecule has 1 unspecified atom stereocenters. The van der Waals surface area contributed by atoms with Crippen molar-refractivity contribution in [2.24, 2.45) is 0 Å². The molecule has 0 saturated heterocycles. The van der Waals surface area contributed by atoms with E-state index >= 15 is 0 Å². The van der Waals surface area contributed by atoms with Crippen molar-refractivity contribution in [1.29, 1.82) is 0 Å². The van der Waals surface area contributed by atoms with Crippen LogP contribution in [0.15, 0.2) is 48.5 Å². The van der Waals surface area contributed by atoms with Gasteiger partial charge in [-0.15, -0.1) is 22.5 Å². The van der Waals surface area contributed by atoms with Gasteiger partial charge in [0.2, 0.25) is 0 Å². The second kappa shape index (κ2) is 10.5. The first kappa shape index (κ1) is 19.9. The van der Waals surface area contributed by atoms with E-state index in [1.165, 1.54) is 0 Å². The number of ether oxygens (including phenoxy) is 1. The molecule has 0 fully saturated rings. The van der Waals surface area contributed by atoms with E-state index in [0.717, 1.165) is 5.56 Å². The zero-order valence-electron chi connectivity index (χ0n) is 15.4. The first-order valence-electron chi connectivity index (χ1n) is 8.75. The Kier molecular flexibility index (Phi) is 7.22. The van der Waals surface area contributed by atoms with Crippen molar-refractivity contribution in [3.8, 4) is 12.3 Å². The lowest BCUT2D eigenvalue weighted by Gasteiger charge is -2.15. The number of carbonyl (C=O) groups is 1. The van der Waals surface area contributed by atoms with Crippen LogP contribution in [0, 0.1) is 12.3 Å². The number of hydrogen-bond donors (Lipinski definition) is 3. The van der Waals surface area contributed by atoms with Crippen molar-refractivity contribution in [1.82, 2.24) is 31.1 Å². The number of H-pyrrole nitrogens is 1. The summed E-state index contributed by atoms with van der Waals surface area (Å²) in [7, 11) is 0. The number of pyridine rings is 1. The van der Waals surface area contributed by atoms with Crippen LogP contribution in [-0.4, -0.2) is 38.3 Å². The lowest BCUT2D eigenvalue weighted by molar-refractivity contribution is 0.00821. The van der Waals surface area contributed by atoms with Crippen LogP contribution in [0.25, 0.3) is 0 Å². The summed E-state index contributed by atoms with van der Waals surface area (Å²) in [5.74, 6) is 3.17. The van der Waals surface area contributed by atoms with Crippen molar-refractivity contribution in [2.75, 3.05) is 11.9 Å². The number of nitrogens with one attached hydrogen (secondary N) is 3. The maximum Gasteiger partial charge on any atom is 0.412 e. The molecule has 0 bridgehead atoms. The molecule has 3 rings (SSSR count). The third kappa shape index (κ3) is 6.10. The molecule has 10 nitrogen and oxygen atoms in total. The van der Waals surface area contributed by atoms with Crippen LogP contribution in [-0.2, 0) is 16.2 Å². The van der Waals surface area contributed by atoms with Crippen LogP contribution in [0.5, 0.6) is 0 Å². The van der Waals surface area contributed by atoms with E-state index in [-0.39, 0.29) is 13.2 Å². The summed E-state index contributed by atoms with van der Waals surface area (Å²) < 4.78 is 4.93. The number of aromatic nitrogens is 5. The quantitative estimate of drug-likeness (QED) is 0.286. The van der Waals surface area contributed by atoms with Gasteiger partial charge < -0.3 is 4.74 Å². The summed E-state index contributed by atoms with van der Waals surface area (Å²) in [6.07, 6.45) is 4.85. The number of aromatic amines is 1. The predicted octanol–water partition coefficient (Wildman–Crippen LogP) is 1.98. The Bertz CT molecular complexity index is 942. The average Bonchev–Trinajstić information content (AvgIpc) is 3.27. The normalized spacial score (nSPS) is 11.4. The molecule has 1 amide bonds. The minimum Gasteiger partial charge on any atom is -0.448 e. The summed E-state index contributed by atoms with van der Waals surface area (Å²) in [5, 5.41) is 16.6. The Morgan fingerprint density at radius 1 is 1.21 bits per heavy atom. The highest BCUT2D eigenvalue weighted by molar-refractivity contribution is 5.83. The van der Waals surface area contributed by atoms with E-state index < -0.39 is 12.1 Å². The van der Waals surface area contributed by atoms with E-state index in [0.29, 0.717) is 23.8 Å². The summed E-state index contributed by atoms with van der Waals surface area (Å²) in [5.41, 5.74) is 4.43. The highest BCUT2D eigenvalue weighted by Crippen LogP contribution is 2.18. The molecule has 2 aromatic heterocycles. The van der Waals surface area contributed by atoms with Crippen molar-refractivity contribution in [3.63, 3.8) is 0 Å². The summed E-state index contributed by atoms with van der Waals surface area (Å²) in [6.45, 7) is 0.287. The third-order valence-electron chi connectivity index (χ3n) is 3.69. The van der Waals surface area contributed by atoms with Gasteiger partial charge in [0.05, 0.1) is 5.69 Å². The molecule has 0 spiro atoms. The van der Waals surface area contributed by atoms with Gasteiger partial charge in [0.1, 0.15) is 25.1 Å². The molecule has 0 radical (unpaired) electrons. The van der Waals surface area contributed by atoms with Crippen molar-refractivity contribution >= 4 is 11.9 Å². The molecule has 29 heavy (non-hydrogen) atoms. The number of nitrogens with zero attached hydrogens (tertiary/aromatic N) is 4. The Labute approximate surface area is 167 Å². The molecule has 0 saturated carbocycles. The number of amides is 1. The Balaban J connectivity index is 1.56. The molecule has 1 atom stereocenters. The van der Waals surface area contributed by atoms with E-state index in [1.807, 2.05) is 30.3 Å². The zero-order chi connectivity index (χ0) is 20.3. The average molecular weight is 393 g/mol. The van der Waals surface area contributed by atoms with Crippen molar-refractivity contribution in [2.45, 2.75) is 19.1 Å². The molecule has 0 aliphatic carbocycles. The molecule has 2 heterocycles. The van der Waals surface area contributed by atoms with E-state index in [2.05, 4.69) is 42.3 Å². The predicted molar refractivity (Wildman–Crippen MR) is 103 cm³/mol. The fourth-order valence-corrected chi connectivity index (χ4v) is 2.38. The van der Waals surface area contributed by atoms with Gasteiger partial charge in [-0.1, -0.05) is 41.6 Å². The Morgan fingerprint density at radius 2 is 2.07 bits per heavy atom. The number of rotatable bonds is 9. The smallest absolute Gasteiger partial charge is 0.412 e. The van der Waals surface area contributed by atoms with E-state index in [4.69, 9.17) is 16.0 Å². The van der Waals surface area contributed by atoms with Gasteiger partial charge in [0, 0.05) is 6.42 Å². The Hall–Kier alpha value is -3.81. The van der Waals surface area contributed by atoms with E-state index in [9.17, 15) is 4.79 Å². The maximum absolute atomic E-state index is 11.7. The van der Waals surface area contributed by atoms with Gasteiger partial charge in [-0.3, -0.25) is 10.2 Å². The number of anilines is 1. The SMILES string of the molecule is C#CCCOC(=O)Nc1cccc(CONC(c2ccccc2)c2nn[nH]n2)n1. The number of benzene rings is 1. The second-order valence-corrected chi connectivity index (χ2v) is 5.75. The molecule has 0 aliphatic heterocycles. The van der Waals surface area contributed by atoms with Gasteiger partial charge in [-0.05, 0) is 17.7 Å². The molecular formula is C19H19N7O3. The number of carbonyl (C=O) groups excluding carboxylic acids is 1. The molecule has 148 valence electrons. The Morgan fingerprint density at radius 3 is 2.83 bits per heavy atom. The third-order valence-corrected chi connectivity index (χ3v) is 3.69. The van der Waals surface area contributed by atoms with Gasteiger partial charge in [0.25, 0.3) is 0 Å². The highest BCUT2D eigenvalue weighted by Gasteiger charge is 2.18. The summed E-state index contributed by atoms with van der Waals surface area (Å²) in [4.78, 5) is 21.6. The van der Waals surface area contributed by atoms with Gasteiger partial charge in [0.15, 0.2) is 5.82 Å². The number of tetrazole rings is 1. The topological polar surface area (TPSA) is 127 Å². The molecule has 10 heteroatoms. The standard InChI is InChI=1S/C19H19N7O3/c1-2-3-12-28-19(27)21-16-11-7-10-15(20-16)13-29-24-17(18-22-25-26-23-18)14-8-5-4-6-9-14/h1,4-11,17,24H,3,12-13H2,(H,20,21,27)(H,22,23,25,26). The molecule has 1 aromatic carbocycles.